The van der Waals surface area contributed by atoms with Gasteiger partial charge in [0.2, 0.25) is 0 Å². The highest BCUT2D eigenvalue weighted by molar-refractivity contribution is 6.43. The average Bonchev–Trinajstić information content (AvgIpc) is 1.65. The van der Waals surface area contributed by atoms with Gasteiger partial charge in [0.25, 0.3) is 0 Å². The summed E-state index contributed by atoms with van der Waals surface area (Å²) < 4.78 is 0. The van der Waals surface area contributed by atoms with Crippen molar-refractivity contribution in [3.63, 3.8) is 0 Å². The summed E-state index contributed by atoms with van der Waals surface area (Å²) in [7, 11) is -2.38. The molecule has 0 saturated heterocycles. The predicted octanol–water partition coefficient (Wildman–Crippen LogP) is -0.232. The van der Waals surface area contributed by atoms with Crippen molar-refractivity contribution in [2.45, 2.75) is 12.5 Å². The van der Waals surface area contributed by atoms with Crippen LogP contribution in [0, 0.1) is 0 Å². The summed E-state index contributed by atoms with van der Waals surface area (Å²) in [5, 5.41) is 0. The molecule has 7 heavy (non-hydrogen) atoms. The van der Waals surface area contributed by atoms with E-state index in [-0.39, 0.29) is 5.54 Å². The molecule has 0 radical (unpaired) electrons. The van der Waals surface area contributed by atoms with Crippen LogP contribution in [0.2, 0.25) is 5.54 Å². The number of rotatable bonds is 2. The van der Waals surface area contributed by atoms with Gasteiger partial charge in [-0.1, -0.05) is 13.0 Å². The molecule has 0 amide bonds. The quantitative estimate of drug-likeness (QED) is 0.388. The Kier molecular flexibility index (Phi) is 2.90. The van der Waals surface area contributed by atoms with Crippen molar-refractivity contribution in [3.05, 3.63) is 12.7 Å². The number of allylic oxidation sites excluding steroid dienone is 1. The van der Waals surface area contributed by atoms with E-state index in [9.17, 15) is 0 Å². The van der Waals surface area contributed by atoms with Crippen LogP contribution in [0.5, 0.6) is 0 Å². The minimum Gasteiger partial charge on any atom is -0.413 e. The predicted molar refractivity (Wildman–Crippen MR) is 31.2 cm³/mol. The van der Waals surface area contributed by atoms with Gasteiger partial charge in [0.05, 0.1) is 0 Å². The fourth-order valence-corrected chi connectivity index (χ4v) is 0.365. The molecule has 3 heteroatoms. The van der Waals surface area contributed by atoms with Gasteiger partial charge in [0.1, 0.15) is 0 Å². The molecule has 0 aromatic carbocycles. The molecule has 0 rings (SSSR count). The summed E-state index contributed by atoms with van der Waals surface area (Å²) >= 11 is 0. The van der Waals surface area contributed by atoms with Gasteiger partial charge in [-0.05, 0) is 0 Å². The standard InChI is InChI=1S/C4H10O2Si/c1-3-4(2)7(5)6/h3-7H,1H2,2H3. The van der Waals surface area contributed by atoms with E-state index in [0.29, 0.717) is 0 Å². The summed E-state index contributed by atoms with van der Waals surface area (Å²) in [4.78, 5) is 16.9. The molecule has 0 spiro atoms. The second-order valence-corrected chi connectivity index (χ2v) is 3.39. The molecule has 0 saturated carbocycles. The first-order chi connectivity index (χ1) is 3.18. The molecule has 0 fully saturated rings. The molecular formula is C4H10O2Si. The molecule has 1 unspecified atom stereocenters. The molecule has 0 bridgehead atoms. The van der Waals surface area contributed by atoms with Gasteiger partial charge in [-0.25, -0.2) is 0 Å². The van der Waals surface area contributed by atoms with Crippen molar-refractivity contribution < 1.29 is 9.59 Å². The van der Waals surface area contributed by atoms with E-state index in [2.05, 4.69) is 6.58 Å². The van der Waals surface area contributed by atoms with Crippen molar-refractivity contribution in [1.82, 2.24) is 0 Å². The Morgan fingerprint density at radius 2 is 2.14 bits per heavy atom. The third-order valence-electron chi connectivity index (χ3n) is 0.842. The van der Waals surface area contributed by atoms with Crippen molar-refractivity contribution in [3.8, 4) is 0 Å². The maximum absolute atomic E-state index is 8.44. The highest BCUT2D eigenvalue weighted by Gasteiger charge is 2.07. The third kappa shape index (κ3) is 2.56. The monoisotopic (exact) mass is 118 g/mol. The Morgan fingerprint density at radius 3 is 2.14 bits per heavy atom. The lowest BCUT2D eigenvalue weighted by molar-refractivity contribution is 0.398. The Labute approximate surface area is 45.0 Å². The van der Waals surface area contributed by atoms with Crippen LogP contribution in [0.3, 0.4) is 0 Å². The van der Waals surface area contributed by atoms with E-state index in [0.717, 1.165) is 0 Å². The Hall–Kier alpha value is -0.123. The van der Waals surface area contributed by atoms with Crippen molar-refractivity contribution in [2.24, 2.45) is 0 Å². The minimum absolute atomic E-state index is 0.0833. The molecule has 0 aromatic rings. The maximum Gasteiger partial charge on any atom is 0.322 e. The van der Waals surface area contributed by atoms with Crippen LogP contribution in [0.4, 0.5) is 0 Å². The Morgan fingerprint density at radius 1 is 1.71 bits per heavy atom. The van der Waals surface area contributed by atoms with E-state index in [4.69, 9.17) is 9.59 Å². The van der Waals surface area contributed by atoms with Gasteiger partial charge in [0, 0.05) is 5.54 Å². The highest BCUT2D eigenvalue weighted by Crippen LogP contribution is 2.03. The zero-order valence-electron chi connectivity index (χ0n) is 4.33. The van der Waals surface area contributed by atoms with Crippen LogP contribution < -0.4 is 0 Å². The van der Waals surface area contributed by atoms with Gasteiger partial charge >= 0.3 is 9.28 Å². The molecule has 1 atom stereocenters. The van der Waals surface area contributed by atoms with Crippen LogP contribution in [-0.2, 0) is 0 Å². The van der Waals surface area contributed by atoms with E-state index in [1.54, 1.807) is 13.0 Å². The Bertz CT molecular complexity index is 62.7. The van der Waals surface area contributed by atoms with E-state index in [1.807, 2.05) is 0 Å². The first-order valence-electron chi connectivity index (χ1n) is 2.17. The van der Waals surface area contributed by atoms with Crippen molar-refractivity contribution in [2.75, 3.05) is 0 Å². The molecular weight excluding hydrogens is 108 g/mol. The van der Waals surface area contributed by atoms with Crippen LogP contribution in [-0.4, -0.2) is 18.9 Å². The third-order valence-corrected chi connectivity index (χ3v) is 2.05. The van der Waals surface area contributed by atoms with Crippen LogP contribution >= 0.6 is 0 Å². The summed E-state index contributed by atoms with van der Waals surface area (Å²) in [6, 6.07) is 0. The lowest BCUT2D eigenvalue weighted by Crippen LogP contribution is -2.15. The lowest BCUT2D eigenvalue weighted by atomic mass is 10.5. The van der Waals surface area contributed by atoms with Gasteiger partial charge in [-0.3, -0.25) is 0 Å². The molecule has 0 aliphatic heterocycles. The van der Waals surface area contributed by atoms with Gasteiger partial charge in [-0.2, -0.15) is 0 Å². The normalized spacial score (nSPS) is 14.3. The second kappa shape index (κ2) is 2.96. The molecule has 0 heterocycles. The van der Waals surface area contributed by atoms with Gasteiger partial charge < -0.3 is 9.59 Å². The summed E-state index contributed by atoms with van der Waals surface area (Å²) in [5.41, 5.74) is -0.0833. The van der Waals surface area contributed by atoms with Crippen LogP contribution in [0.15, 0.2) is 12.7 Å². The molecule has 2 N–H and O–H groups in total. The fourth-order valence-electron chi connectivity index (χ4n) is 0.122. The summed E-state index contributed by atoms with van der Waals surface area (Å²) in [5.74, 6) is 0. The molecule has 42 valence electrons. The summed E-state index contributed by atoms with van der Waals surface area (Å²) in [6.07, 6.45) is 1.55. The van der Waals surface area contributed by atoms with Crippen LogP contribution in [0.1, 0.15) is 6.92 Å². The lowest BCUT2D eigenvalue weighted by Gasteiger charge is -2.01. The average molecular weight is 118 g/mol. The first-order valence-corrected chi connectivity index (χ1v) is 3.87. The zero-order chi connectivity index (χ0) is 5.86. The minimum atomic E-state index is -2.38. The second-order valence-electron chi connectivity index (χ2n) is 1.51. The SMILES string of the molecule is C=CC(C)[SiH](O)O. The smallest absolute Gasteiger partial charge is 0.322 e. The Balaban J connectivity index is 3.33. The van der Waals surface area contributed by atoms with Gasteiger partial charge in [-0.15, -0.1) is 6.58 Å². The molecule has 0 aliphatic rings. The topological polar surface area (TPSA) is 40.5 Å². The van der Waals surface area contributed by atoms with E-state index >= 15 is 0 Å². The first kappa shape index (κ1) is 6.88. The number of hydrogen-bond donors (Lipinski definition) is 2. The largest absolute Gasteiger partial charge is 0.413 e. The highest BCUT2D eigenvalue weighted by atomic mass is 28.3. The fraction of sp³-hybridized carbons (Fsp3) is 0.500. The molecule has 0 aliphatic carbocycles. The van der Waals surface area contributed by atoms with E-state index < -0.39 is 9.28 Å². The van der Waals surface area contributed by atoms with Gasteiger partial charge in [0.15, 0.2) is 0 Å². The van der Waals surface area contributed by atoms with E-state index in [1.165, 1.54) is 0 Å². The zero-order valence-corrected chi connectivity index (χ0v) is 5.49. The number of hydrogen-bond acceptors (Lipinski definition) is 2. The van der Waals surface area contributed by atoms with Crippen molar-refractivity contribution >= 4 is 9.28 Å². The molecule has 0 aromatic heterocycles. The molecule has 2 nitrogen and oxygen atoms in total. The summed E-state index contributed by atoms with van der Waals surface area (Å²) in [6.45, 7) is 5.14. The maximum atomic E-state index is 8.44. The van der Waals surface area contributed by atoms with Crippen LogP contribution in [0.25, 0.3) is 0 Å². The van der Waals surface area contributed by atoms with Crippen molar-refractivity contribution in [1.29, 1.82) is 0 Å².